The largest absolute Gasteiger partial charge is 0.419 e. The van der Waals surface area contributed by atoms with Gasteiger partial charge in [0.1, 0.15) is 5.69 Å². The third kappa shape index (κ3) is 3.39. The second-order valence-electron chi connectivity index (χ2n) is 3.82. The first-order valence-corrected chi connectivity index (χ1v) is 5.93. The van der Waals surface area contributed by atoms with E-state index in [4.69, 9.17) is 4.42 Å². The number of nitrogens with zero attached hydrogens (tertiary/aromatic N) is 3. The monoisotopic (exact) mass is 235 g/mol. The van der Waals surface area contributed by atoms with Crippen molar-refractivity contribution in [2.75, 3.05) is 13.1 Å². The summed E-state index contributed by atoms with van der Waals surface area (Å²) >= 11 is 0. The average molecular weight is 235 g/mol. The molecule has 0 aliphatic rings. The molecule has 2 rings (SSSR count). The first-order chi connectivity index (χ1) is 8.40. The Balaban J connectivity index is 1.79. The van der Waals surface area contributed by atoms with E-state index >= 15 is 0 Å². The van der Waals surface area contributed by atoms with E-state index in [1.54, 1.807) is 12.3 Å². The Labute approximate surface area is 99.8 Å². The maximum Gasteiger partial charge on any atom is 0.265 e. The number of rotatable bonds is 7. The van der Waals surface area contributed by atoms with Crippen molar-refractivity contribution in [3.63, 3.8) is 0 Å². The molecular weight excluding hydrogens is 218 g/mol. The highest BCUT2D eigenvalue weighted by atomic mass is 16.4. The van der Waals surface area contributed by atoms with Crippen molar-refractivity contribution < 1.29 is 4.42 Å². The zero-order chi connectivity index (χ0) is 11.9. The summed E-state index contributed by atoms with van der Waals surface area (Å²) in [6, 6.07) is 1.81. The minimum Gasteiger partial charge on any atom is -0.419 e. The fourth-order valence-corrected chi connectivity index (χ4v) is 1.50. The van der Waals surface area contributed by atoms with Gasteiger partial charge in [0, 0.05) is 12.6 Å². The highest BCUT2D eigenvalue weighted by molar-refractivity contribution is 5.44. The van der Waals surface area contributed by atoms with Crippen molar-refractivity contribution in [1.29, 1.82) is 0 Å². The Kier molecular flexibility index (Phi) is 4.26. The van der Waals surface area contributed by atoms with E-state index in [2.05, 4.69) is 32.6 Å². The van der Waals surface area contributed by atoms with E-state index in [1.165, 1.54) is 0 Å². The number of hydrogen-bond donors (Lipinski definition) is 2. The van der Waals surface area contributed by atoms with Gasteiger partial charge in [0.25, 0.3) is 5.89 Å². The Bertz CT molecular complexity index is 423. The van der Waals surface area contributed by atoms with E-state index in [1.807, 2.05) is 0 Å². The molecule has 2 aromatic heterocycles. The van der Waals surface area contributed by atoms with Crippen LogP contribution in [0.2, 0.25) is 0 Å². The third-order valence-electron chi connectivity index (χ3n) is 2.37. The molecule has 0 spiro atoms. The van der Waals surface area contributed by atoms with E-state index in [-0.39, 0.29) is 0 Å². The van der Waals surface area contributed by atoms with Crippen molar-refractivity contribution in [3.05, 3.63) is 18.2 Å². The first-order valence-electron chi connectivity index (χ1n) is 5.93. The Morgan fingerprint density at radius 3 is 3.06 bits per heavy atom. The van der Waals surface area contributed by atoms with Crippen LogP contribution in [0.4, 0.5) is 0 Å². The molecule has 0 aromatic carbocycles. The maximum atomic E-state index is 5.51. The number of nitrogens with one attached hydrogen (secondary N) is 2. The molecule has 17 heavy (non-hydrogen) atoms. The summed E-state index contributed by atoms with van der Waals surface area (Å²) in [4.78, 5) is 0. The molecule has 2 heterocycles. The lowest BCUT2D eigenvalue weighted by atomic mass is 10.3. The molecule has 0 fully saturated rings. The fourth-order valence-electron chi connectivity index (χ4n) is 1.50. The summed E-state index contributed by atoms with van der Waals surface area (Å²) in [6.07, 6.45) is 4.63. The SMILES string of the molecule is CCCNCCCc1nnc(-c2ccn[nH]2)o1. The molecule has 0 aliphatic heterocycles. The fraction of sp³-hybridized carbons (Fsp3) is 0.545. The first kappa shape index (κ1) is 11.8. The molecule has 0 amide bonds. The van der Waals surface area contributed by atoms with Gasteiger partial charge >= 0.3 is 0 Å². The van der Waals surface area contributed by atoms with Crippen molar-refractivity contribution in [1.82, 2.24) is 25.7 Å². The number of aryl methyl sites for hydroxylation is 1. The van der Waals surface area contributed by atoms with Gasteiger partial charge in [-0.15, -0.1) is 10.2 Å². The number of H-pyrrole nitrogens is 1. The molecule has 0 bridgehead atoms. The molecule has 6 heteroatoms. The lowest BCUT2D eigenvalue weighted by Gasteiger charge is -1.99. The van der Waals surface area contributed by atoms with Crippen LogP contribution in [-0.2, 0) is 6.42 Å². The molecule has 0 unspecified atom stereocenters. The van der Waals surface area contributed by atoms with Crippen molar-refractivity contribution in [2.24, 2.45) is 0 Å². The van der Waals surface area contributed by atoms with Crippen LogP contribution in [0.5, 0.6) is 0 Å². The number of hydrogen-bond acceptors (Lipinski definition) is 5. The van der Waals surface area contributed by atoms with Gasteiger partial charge in [0.15, 0.2) is 0 Å². The molecule has 6 nitrogen and oxygen atoms in total. The van der Waals surface area contributed by atoms with Crippen molar-refractivity contribution >= 4 is 0 Å². The molecular formula is C11H17N5O. The summed E-state index contributed by atoms with van der Waals surface area (Å²) in [5.41, 5.74) is 0.757. The van der Waals surface area contributed by atoms with Gasteiger partial charge in [-0.3, -0.25) is 5.10 Å². The average Bonchev–Trinajstić information content (AvgIpc) is 2.99. The summed E-state index contributed by atoms with van der Waals surface area (Å²) < 4.78 is 5.51. The Morgan fingerprint density at radius 2 is 2.29 bits per heavy atom. The molecule has 92 valence electrons. The molecule has 0 radical (unpaired) electrons. The van der Waals surface area contributed by atoms with E-state index < -0.39 is 0 Å². The van der Waals surface area contributed by atoms with Crippen LogP contribution in [0.1, 0.15) is 25.7 Å². The van der Waals surface area contributed by atoms with Gasteiger partial charge in [-0.2, -0.15) is 5.10 Å². The second kappa shape index (κ2) is 6.15. The lowest BCUT2D eigenvalue weighted by Crippen LogP contribution is -2.16. The number of aromatic nitrogens is 4. The van der Waals surface area contributed by atoms with Crippen LogP contribution in [-0.4, -0.2) is 33.5 Å². The summed E-state index contributed by atoms with van der Waals surface area (Å²) in [7, 11) is 0. The van der Waals surface area contributed by atoms with E-state index in [0.717, 1.165) is 38.0 Å². The molecule has 0 aliphatic carbocycles. The van der Waals surface area contributed by atoms with Gasteiger partial charge < -0.3 is 9.73 Å². The topological polar surface area (TPSA) is 79.6 Å². The standard InChI is InChI=1S/C11H17N5O/c1-2-6-12-7-3-4-10-15-16-11(17-10)9-5-8-13-14-9/h5,8,12H,2-4,6-7H2,1H3,(H,13,14). The lowest BCUT2D eigenvalue weighted by molar-refractivity contribution is 0.490. The molecule has 2 N–H and O–H groups in total. The maximum absolute atomic E-state index is 5.51. The van der Waals surface area contributed by atoms with Gasteiger partial charge in [0.05, 0.1) is 0 Å². The predicted octanol–water partition coefficient (Wildman–Crippen LogP) is 1.39. The van der Waals surface area contributed by atoms with Crippen LogP contribution in [0.25, 0.3) is 11.6 Å². The molecule has 0 atom stereocenters. The van der Waals surface area contributed by atoms with Crippen molar-refractivity contribution in [2.45, 2.75) is 26.2 Å². The highest BCUT2D eigenvalue weighted by Crippen LogP contribution is 2.14. The van der Waals surface area contributed by atoms with Gasteiger partial charge in [-0.05, 0) is 32.0 Å². The zero-order valence-electron chi connectivity index (χ0n) is 9.94. The highest BCUT2D eigenvalue weighted by Gasteiger charge is 2.08. The van der Waals surface area contributed by atoms with Gasteiger partial charge in [-0.25, -0.2) is 0 Å². The summed E-state index contributed by atoms with van der Waals surface area (Å²) in [5.74, 6) is 1.17. The third-order valence-corrected chi connectivity index (χ3v) is 2.37. The Hall–Kier alpha value is -1.69. The van der Waals surface area contributed by atoms with Crippen LogP contribution < -0.4 is 5.32 Å². The van der Waals surface area contributed by atoms with Gasteiger partial charge in [-0.1, -0.05) is 6.92 Å². The Morgan fingerprint density at radius 1 is 1.35 bits per heavy atom. The number of aromatic amines is 1. The molecule has 0 saturated carbocycles. The minimum atomic E-state index is 0.499. The van der Waals surface area contributed by atoms with E-state index in [9.17, 15) is 0 Å². The van der Waals surface area contributed by atoms with Gasteiger partial charge in [0.2, 0.25) is 5.89 Å². The van der Waals surface area contributed by atoms with Crippen LogP contribution in [0, 0.1) is 0 Å². The quantitative estimate of drug-likeness (QED) is 0.709. The predicted molar refractivity (Wildman–Crippen MR) is 63.4 cm³/mol. The second-order valence-corrected chi connectivity index (χ2v) is 3.82. The smallest absolute Gasteiger partial charge is 0.265 e. The van der Waals surface area contributed by atoms with E-state index in [0.29, 0.717) is 11.8 Å². The normalized spacial score (nSPS) is 10.9. The zero-order valence-corrected chi connectivity index (χ0v) is 9.94. The minimum absolute atomic E-state index is 0.499. The summed E-state index contributed by atoms with van der Waals surface area (Å²) in [6.45, 7) is 4.19. The molecule has 2 aromatic rings. The van der Waals surface area contributed by atoms with Crippen LogP contribution >= 0.6 is 0 Å². The van der Waals surface area contributed by atoms with Crippen LogP contribution in [0.3, 0.4) is 0 Å². The van der Waals surface area contributed by atoms with Crippen molar-refractivity contribution in [3.8, 4) is 11.6 Å². The van der Waals surface area contributed by atoms with Crippen LogP contribution in [0.15, 0.2) is 16.7 Å². The summed E-state index contributed by atoms with van der Waals surface area (Å²) in [5, 5.41) is 17.9. The molecule has 0 saturated heterocycles.